The number of anilines is 1. The molecule has 0 radical (unpaired) electrons. The molecule has 30 heavy (non-hydrogen) atoms. The molecule has 0 atom stereocenters. The van der Waals surface area contributed by atoms with Crippen LogP contribution in [-0.4, -0.2) is 57.0 Å². The summed E-state index contributed by atoms with van der Waals surface area (Å²) in [5.41, 5.74) is -0.449. The van der Waals surface area contributed by atoms with Gasteiger partial charge in [0.05, 0.1) is 27.9 Å². The minimum absolute atomic E-state index is 0.0179. The number of rotatable bonds is 6. The van der Waals surface area contributed by atoms with Crippen molar-refractivity contribution in [2.45, 2.75) is 13.5 Å². The van der Waals surface area contributed by atoms with Crippen LogP contribution in [0.15, 0.2) is 23.0 Å². The second kappa shape index (κ2) is 8.05. The van der Waals surface area contributed by atoms with Gasteiger partial charge in [0.25, 0.3) is 11.5 Å². The van der Waals surface area contributed by atoms with Crippen molar-refractivity contribution < 1.29 is 24.6 Å². The Kier molecular flexibility index (Phi) is 5.67. The van der Waals surface area contributed by atoms with Crippen molar-refractivity contribution in [3.8, 4) is 0 Å². The number of nitrogens with zero attached hydrogens (tertiary/aromatic N) is 2. The summed E-state index contributed by atoms with van der Waals surface area (Å²) in [6.07, 6.45) is 0. The first-order chi connectivity index (χ1) is 14.1. The van der Waals surface area contributed by atoms with Crippen LogP contribution in [0.3, 0.4) is 0 Å². The Morgan fingerprint density at radius 3 is 2.27 bits per heavy atom. The third-order valence-electron chi connectivity index (χ3n) is 4.21. The molecule has 0 aliphatic heterocycles. The smallest absolute Gasteiger partial charge is 0.335 e. The molecule has 0 saturated carbocycles. The number of aromatic nitrogens is 2. The van der Waals surface area contributed by atoms with Gasteiger partial charge in [0.15, 0.2) is 0 Å². The summed E-state index contributed by atoms with van der Waals surface area (Å²) >= 11 is 1.03. The van der Waals surface area contributed by atoms with E-state index in [2.05, 4.69) is 15.3 Å². The molecule has 0 fully saturated rings. The second-order valence-electron chi connectivity index (χ2n) is 6.85. The summed E-state index contributed by atoms with van der Waals surface area (Å²) in [4.78, 5) is 57.3. The third-order valence-corrected chi connectivity index (χ3v) is 5.39. The number of aromatic amines is 1. The number of carbonyl (C=O) groups is 3. The minimum Gasteiger partial charge on any atom is -0.478 e. The molecule has 3 rings (SSSR count). The molecule has 0 saturated heterocycles. The third kappa shape index (κ3) is 4.21. The fourth-order valence-corrected chi connectivity index (χ4v) is 4.01. The Morgan fingerprint density at radius 1 is 1.13 bits per heavy atom. The highest BCUT2D eigenvalue weighted by molar-refractivity contribution is 7.20. The van der Waals surface area contributed by atoms with Gasteiger partial charge < -0.3 is 25.4 Å². The molecular weight excluding hydrogens is 412 g/mol. The predicted molar refractivity (Wildman–Crippen MR) is 111 cm³/mol. The van der Waals surface area contributed by atoms with Crippen LogP contribution in [0.2, 0.25) is 0 Å². The van der Waals surface area contributed by atoms with Gasteiger partial charge in [0.1, 0.15) is 10.7 Å². The summed E-state index contributed by atoms with van der Waals surface area (Å²) in [6, 6.07) is 3.33. The van der Waals surface area contributed by atoms with Crippen molar-refractivity contribution in [3.05, 3.63) is 55.9 Å². The summed E-state index contributed by atoms with van der Waals surface area (Å²) < 4.78 is 0. The fraction of sp³-hybridized carbons (Fsp3) is 0.211. The van der Waals surface area contributed by atoms with Crippen LogP contribution in [0.25, 0.3) is 10.2 Å². The first-order valence-electron chi connectivity index (χ1n) is 8.67. The number of carboxylic acid groups (broad SMARTS) is 2. The zero-order valence-corrected chi connectivity index (χ0v) is 17.1. The van der Waals surface area contributed by atoms with Gasteiger partial charge in [-0.15, -0.1) is 11.3 Å². The zero-order chi connectivity index (χ0) is 22.2. The number of thiophene rings is 1. The lowest BCUT2D eigenvalue weighted by atomic mass is 10.1. The molecule has 1 amide bonds. The van der Waals surface area contributed by atoms with E-state index in [1.807, 2.05) is 19.0 Å². The van der Waals surface area contributed by atoms with Crippen LogP contribution >= 0.6 is 11.3 Å². The lowest BCUT2D eigenvalue weighted by molar-refractivity contribution is 0.0696. The molecule has 2 heterocycles. The van der Waals surface area contributed by atoms with E-state index in [1.165, 1.54) is 0 Å². The maximum absolute atomic E-state index is 12.8. The van der Waals surface area contributed by atoms with Crippen molar-refractivity contribution >= 4 is 45.1 Å². The van der Waals surface area contributed by atoms with Crippen LogP contribution in [-0.2, 0) is 6.54 Å². The van der Waals surface area contributed by atoms with E-state index in [0.717, 1.165) is 29.5 Å². The van der Waals surface area contributed by atoms with Gasteiger partial charge in [-0.1, -0.05) is 0 Å². The Morgan fingerprint density at radius 2 is 1.73 bits per heavy atom. The number of H-pyrrole nitrogens is 1. The van der Waals surface area contributed by atoms with Crippen molar-refractivity contribution in [2.24, 2.45) is 0 Å². The Balaban J connectivity index is 2.01. The number of benzene rings is 1. The van der Waals surface area contributed by atoms with Gasteiger partial charge >= 0.3 is 11.9 Å². The molecule has 156 valence electrons. The molecule has 11 heteroatoms. The van der Waals surface area contributed by atoms with E-state index in [1.54, 1.807) is 6.92 Å². The van der Waals surface area contributed by atoms with Crippen molar-refractivity contribution in [1.29, 1.82) is 0 Å². The van der Waals surface area contributed by atoms with Crippen LogP contribution < -0.4 is 10.9 Å². The van der Waals surface area contributed by atoms with Crippen molar-refractivity contribution in [3.63, 3.8) is 0 Å². The molecule has 10 nitrogen and oxygen atoms in total. The van der Waals surface area contributed by atoms with Crippen LogP contribution in [0.5, 0.6) is 0 Å². The highest BCUT2D eigenvalue weighted by atomic mass is 32.1. The van der Waals surface area contributed by atoms with E-state index in [4.69, 9.17) is 0 Å². The molecule has 0 unspecified atom stereocenters. The SMILES string of the molecule is Cc1c(C(=O)Nc2cc(C(=O)O)cc(C(=O)O)c2)sc2nc(CN(C)C)[nH]c(=O)c12. The molecule has 4 N–H and O–H groups in total. The molecule has 0 spiro atoms. The number of nitrogens with one attached hydrogen (secondary N) is 2. The van der Waals surface area contributed by atoms with E-state index >= 15 is 0 Å². The maximum atomic E-state index is 12.8. The van der Waals surface area contributed by atoms with Gasteiger partial charge in [-0.3, -0.25) is 9.59 Å². The number of aromatic carboxylic acids is 2. The van der Waals surface area contributed by atoms with Crippen LogP contribution in [0.4, 0.5) is 5.69 Å². The highest BCUT2D eigenvalue weighted by Crippen LogP contribution is 2.28. The fourth-order valence-electron chi connectivity index (χ4n) is 2.91. The van der Waals surface area contributed by atoms with Crippen molar-refractivity contribution in [1.82, 2.24) is 14.9 Å². The van der Waals surface area contributed by atoms with E-state index in [-0.39, 0.29) is 27.3 Å². The first-order valence-corrected chi connectivity index (χ1v) is 9.48. The van der Waals surface area contributed by atoms with Crippen LogP contribution in [0.1, 0.15) is 41.8 Å². The highest BCUT2D eigenvalue weighted by Gasteiger charge is 2.21. The number of amides is 1. The minimum atomic E-state index is -1.32. The topological polar surface area (TPSA) is 153 Å². The summed E-state index contributed by atoms with van der Waals surface area (Å²) in [5, 5.41) is 21.2. The van der Waals surface area contributed by atoms with E-state index in [9.17, 15) is 29.4 Å². The molecule has 3 aromatic rings. The number of fused-ring (bicyclic) bond motifs is 1. The average molecular weight is 430 g/mol. The first kappa shape index (κ1) is 21.1. The lowest BCUT2D eigenvalue weighted by Crippen LogP contribution is -2.18. The summed E-state index contributed by atoms with van der Waals surface area (Å²) in [6.45, 7) is 2.04. The summed E-state index contributed by atoms with van der Waals surface area (Å²) in [5.74, 6) is -2.78. The Bertz CT molecular complexity index is 1210. The summed E-state index contributed by atoms with van der Waals surface area (Å²) in [7, 11) is 3.67. The second-order valence-corrected chi connectivity index (χ2v) is 7.85. The maximum Gasteiger partial charge on any atom is 0.335 e. The van der Waals surface area contributed by atoms with Crippen molar-refractivity contribution in [2.75, 3.05) is 19.4 Å². The Hall–Kier alpha value is -3.57. The predicted octanol–water partition coefficient (Wildman–Crippen LogP) is 2.00. The molecular formula is C19H18N4O6S. The number of aryl methyl sites for hydroxylation is 1. The number of carbonyl (C=O) groups excluding carboxylic acids is 1. The van der Waals surface area contributed by atoms with Gasteiger partial charge in [0.2, 0.25) is 0 Å². The van der Waals surface area contributed by atoms with E-state index in [0.29, 0.717) is 28.1 Å². The number of hydrogen-bond acceptors (Lipinski definition) is 7. The van der Waals surface area contributed by atoms with Gasteiger partial charge in [-0.25, -0.2) is 14.6 Å². The van der Waals surface area contributed by atoms with Crippen LogP contribution in [0, 0.1) is 6.92 Å². The lowest BCUT2D eigenvalue weighted by Gasteiger charge is -2.07. The normalized spacial score (nSPS) is 11.1. The molecule has 0 aliphatic rings. The molecule has 1 aromatic carbocycles. The molecule has 2 aromatic heterocycles. The molecule has 0 aliphatic carbocycles. The van der Waals surface area contributed by atoms with Gasteiger partial charge in [0, 0.05) is 5.69 Å². The standard InChI is InChI=1S/C19H18N4O6S/c1-8-13-15(24)21-12(7-23(2)3)22-17(13)30-14(8)16(25)20-11-5-9(18(26)27)4-10(6-11)19(28)29/h4-6H,7H2,1-3H3,(H,20,25)(H,26,27)(H,28,29)(H,21,22,24). The number of carboxylic acids is 2. The van der Waals surface area contributed by atoms with Gasteiger partial charge in [-0.05, 0) is 44.8 Å². The van der Waals surface area contributed by atoms with E-state index < -0.39 is 17.8 Å². The quantitative estimate of drug-likeness (QED) is 0.463. The Labute approximate surface area is 173 Å². The average Bonchev–Trinajstić information content (AvgIpc) is 2.97. The van der Waals surface area contributed by atoms with Gasteiger partial charge in [-0.2, -0.15) is 0 Å². The number of hydrogen-bond donors (Lipinski definition) is 4. The largest absolute Gasteiger partial charge is 0.478 e. The zero-order valence-electron chi connectivity index (χ0n) is 16.3. The molecule has 0 bridgehead atoms. The monoisotopic (exact) mass is 430 g/mol.